The SMILES string of the molecule is Cc1c(C(=O)N2C[C@H](C)C(Cc3ccc(F)cc3)C[C@H]2C)c2cc(C(=O)C(=O)N(C)C)ccc2n1S(=O)(=O)N(C)C. The number of rotatable bonds is 7. The maximum atomic E-state index is 14.2. The van der Waals surface area contributed by atoms with Crippen LogP contribution in [0.5, 0.6) is 0 Å². The molecular weight excluding hydrogens is 547 g/mol. The van der Waals surface area contributed by atoms with Crippen LogP contribution in [0, 0.1) is 24.6 Å². The van der Waals surface area contributed by atoms with Crippen molar-refractivity contribution in [2.75, 3.05) is 34.7 Å². The van der Waals surface area contributed by atoms with Gasteiger partial charge in [0.1, 0.15) is 5.82 Å². The monoisotopic (exact) mass is 584 g/mol. The molecule has 4 rings (SSSR count). The van der Waals surface area contributed by atoms with Crippen LogP contribution < -0.4 is 0 Å². The van der Waals surface area contributed by atoms with Crippen molar-refractivity contribution < 1.29 is 27.2 Å². The van der Waals surface area contributed by atoms with Gasteiger partial charge in [-0.15, -0.1) is 0 Å². The number of halogens is 1. The molecule has 9 nitrogen and oxygen atoms in total. The Labute approximate surface area is 240 Å². The van der Waals surface area contributed by atoms with Crippen molar-refractivity contribution in [1.29, 1.82) is 0 Å². The van der Waals surface area contributed by atoms with E-state index in [9.17, 15) is 27.2 Å². The number of piperidine rings is 1. The lowest BCUT2D eigenvalue weighted by Gasteiger charge is -2.42. The van der Waals surface area contributed by atoms with Gasteiger partial charge < -0.3 is 9.80 Å². The van der Waals surface area contributed by atoms with E-state index >= 15 is 0 Å². The highest BCUT2D eigenvalue weighted by Gasteiger charge is 2.37. The summed E-state index contributed by atoms with van der Waals surface area (Å²) in [5.41, 5.74) is 1.78. The van der Waals surface area contributed by atoms with E-state index in [1.807, 2.05) is 6.92 Å². The number of fused-ring (bicyclic) bond motifs is 1. The third-order valence-electron chi connectivity index (χ3n) is 8.06. The van der Waals surface area contributed by atoms with Crippen molar-refractivity contribution in [1.82, 2.24) is 18.1 Å². The normalized spacial score (nSPS) is 19.5. The van der Waals surface area contributed by atoms with E-state index in [4.69, 9.17) is 0 Å². The molecule has 3 atom stereocenters. The van der Waals surface area contributed by atoms with Gasteiger partial charge in [-0.25, -0.2) is 8.36 Å². The molecule has 0 radical (unpaired) electrons. The van der Waals surface area contributed by atoms with Crippen LogP contribution in [0.3, 0.4) is 0 Å². The molecule has 2 amide bonds. The summed E-state index contributed by atoms with van der Waals surface area (Å²) < 4.78 is 42.3. The molecule has 1 aliphatic heterocycles. The minimum Gasteiger partial charge on any atom is -0.342 e. The summed E-state index contributed by atoms with van der Waals surface area (Å²) in [6.07, 6.45) is 1.48. The fourth-order valence-corrected chi connectivity index (χ4v) is 6.83. The first-order valence-corrected chi connectivity index (χ1v) is 14.9. The first-order valence-electron chi connectivity index (χ1n) is 13.5. The predicted octanol–water partition coefficient (Wildman–Crippen LogP) is 3.74. The minimum atomic E-state index is -4.02. The van der Waals surface area contributed by atoms with Crippen LogP contribution in [-0.2, 0) is 21.4 Å². The summed E-state index contributed by atoms with van der Waals surface area (Å²) in [7, 11) is 1.74. The molecule has 1 unspecified atom stereocenters. The third kappa shape index (κ3) is 5.65. The van der Waals surface area contributed by atoms with Crippen LogP contribution in [0.4, 0.5) is 4.39 Å². The lowest BCUT2D eigenvalue weighted by molar-refractivity contribution is -0.124. The number of benzene rings is 2. The van der Waals surface area contributed by atoms with Crippen LogP contribution in [0.1, 0.15) is 52.2 Å². The van der Waals surface area contributed by atoms with Crippen molar-refractivity contribution in [3.63, 3.8) is 0 Å². The van der Waals surface area contributed by atoms with Gasteiger partial charge in [0.15, 0.2) is 0 Å². The van der Waals surface area contributed by atoms with E-state index in [1.54, 1.807) is 24.0 Å². The zero-order valence-corrected chi connectivity index (χ0v) is 25.3. The molecule has 0 aliphatic carbocycles. The summed E-state index contributed by atoms with van der Waals surface area (Å²) in [6, 6.07) is 10.6. The van der Waals surface area contributed by atoms with E-state index in [0.717, 1.165) is 26.7 Å². The van der Waals surface area contributed by atoms with Gasteiger partial charge in [0, 0.05) is 57.4 Å². The average molecular weight is 585 g/mol. The highest BCUT2D eigenvalue weighted by atomic mass is 32.2. The van der Waals surface area contributed by atoms with Gasteiger partial charge in [0.25, 0.3) is 11.8 Å². The Balaban J connectivity index is 1.76. The van der Waals surface area contributed by atoms with Crippen molar-refractivity contribution >= 4 is 38.7 Å². The van der Waals surface area contributed by atoms with Gasteiger partial charge in [-0.1, -0.05) is 19.1 Å². The molecule has 2 heterocycles. The van der Waals surface area contributed by atoms with E-state index in [1.165, 1.54) is 63.4 Å². The number of likely N-dealkylation sites (tertiary alicyclic amines) is 1. The Bertz CT molecular complexity index is 1610. The van der Waals surface area contributed by atoms with Gasteiger partial charge in [0.2, 0.25) is 5.78 Å². The fraction of sp³-hybridized carbons (Fsp3) is 0.433. The summed E-state index contributed by atoms with van der Waals surface area (Å²) in [5, 5.41) is 0.295. The van der Waals surface area contributed by atoms with Crippen LogP contribution in [-0.4, -0.2) is 84.9 Å². The van der Waals surface area contributed by atoms with Gasteiger partial charge >= 0.3 is 10.2 Å². The second-order valence-electron chi connectivity index (χ2n) is 11.4. The number of carbonyl (C=O) groups excluding carboxylic acids is 3. The van der Waals surface area contributed by atoms with Crippen LogP contribution in [0.25, 0.3) is 10.9 Å². The number of nitrogens with zero attached hydrogens (tertiary/aromatic N) is 4. The number of likely N-dealkylation sites (N-methyl/N-ethyl adjacent to an activating group) is 1. The quantitative estimate of drug-likeness (QED) is 0.311. The number of hydrogen-bond donors (Lipinski definition) is 0. The molecule has 1 fully saturated rings. The lowest BCUT2D eigenvalue weighted by Crippen LogP contribution is -2.48. The molecule has 2 aromatic carbocycles. The van der Waals surface area contributed by atoms with E-state index in [0.29, 0.717) is 11.9 Å². The van der Waals surface area contributed by atoms with E-state index in [-0.39, 0.29) is 51.9 Å². The average Bonchev–Trinajstić information content (AvgIpc) is 3.21. The lowest BCUT2D eigenvalue weighted by atomic mass is 9.79. The minimum absolute atomic E-state index is 0.0732. The molecule has 1 saturated heterocycles. The number of carbonyl (C=O) groups is 3. The van der Waals surface area contributed by atoms with E-state index < -0.39 is 21.9 Å². The summed E-state index contributed by atoms with van der Waals surface area (Å²) in [4.78, 5) is 42.4. The largest absolute Gasteiger partial charge is 0.342 e. The van der Waals surface area contributed by atoms with E-state index in [2.05, 4.69) is 6.92 Å². The molecular formula is C30H37FN4O5S. The molecule has 11 heteroatoms. The Morgan fingerprint density at radius 3 is 2.22 bits per heavy atom. The third-order valence-corrected chi connectivity index (χ3v) is 9.91. The molecule has 0 saturated carbocycles. The fourth-order valence-electron chi connectivity index (χ4n) is 5.66. The van der Waals surface area contributed by atoms with Crippen LogP contribution in [0.15, 0.2) is 42.5 Å². The number of Topliss-reactive ketones (excluding diaryl/α,β-unsaturated/α-hetero) is 1. The maximum Gasteiger partial charge on any atom is 0.307 e. The van der Waals surface area contributed by atoms with Crippen molar-refractivity contribution in [2.45, 2.75) is 39.7 Å². The van der Waals surface area contributed by atoms with Gasteiger partial charge in [-0.3, -0.25) is 14.4 Å². The molecule has 0 spiro atoms. The smallest absolute Gasteiger partial charge is 0.307 e. The van der Waals surface area contributed by atoms with Crippen LogP contribution >= 0.6 is 0 Å². The number of aromatic nitrogens is 1. The van der Waals surface area contributed by atoms with Crippen molar-refractivity contribution in [2.24, 2.45) is 11.8 Å². The molecule has 41 heavy (non-hydrogen) atoms. The Hall–Kier alpha value is -3.57. The topological polar surface area (TPSA) is 100 Å². The number of hydrogen-bond acceptors (Lipinski definition) is 5. The first kappa shape index (κ1) is 30.4. The van der Waals surface area contributed by atoms with Crippen LogP contribution in [0.2, 0.25) is 0 Å². The molecule has 3 aromatic rings. The molecule has 0 N–H and O–H groups in total. The van der Waals surface area contributed by atoms with Crippen molar-refractivity contribution in [3.05, 3.63) is 70.7 Å². The Morgan fingerprint density at radius 2 is 1.63 bits per heavy atom. The second-order valence-corrected chi connectivity index (χ2v) is 13.4. The zero-order valence-electron chi connectivity index (χ0n) is 24.5. The standard InChI is InChI=1S/C30H37FN4O5S/c1-18-17-34(19(2)14-23(18)15-21-8-11-24(31)12-9-21)29(37)27-20(3)35(41(39,40)33(6)7)26-13-10-22(16-25(26)27)28(36)30(38)32(4)5/h8-13,16,18-19,23H,14-15,17H2,1-7H3/t18-,19+,23?/m0/s1. The molecule has 220 valence electrons. The summed E-state index contributed by atoms with van der Waals surface area (Å²) in [6.45, 7) is 6.08. The predicted molar refractivity (Wildman–Crippen MR) is 156 cm³/mol. The van der Waals surface area contributed by atoms with Gasteiger partial charge in [-0.05, 0) is 74.4 Å². The molecule has 0 bridgehead atoms. The number of amides is 2. The summed E-state index contributed by atoms with van der Waals surface area (Å²) >= 11 is 0. The molecule has 1 aromatic heterocycles. The number of ketones is 1. The van der Waals surface area contributed by atoms with Gasteiger partial charge in [0.05, 0.1) is 11.1 Å². The Morgan fingerprint density at radius 1 is 1.00 bits per heavy atom. The highest BCUT2D eigenvalue weighted by Crippen LogP contribution is 2.35. The Kier molecular flexibility index (Phi) is 8.42. The first-order chi connectivity index (χ1) is 19.1. The summed E-state index contributed by atoms with van der Waals surface area (Å²) in [5.74, 6) is -1.67. The molecule has 1 aliphatic rings. The maximum absolute atomic E-state index is 14.2. The highest BCUT2D eigenvalue weighted by molar-refractivity contribution is 7.87. The second kappa shape index (κ2) is 11.4. The van der Waals surface area contributed by atoms with Gasteiger partial charge in [-0.2, -0.15) is 12.7 Å². The zero-order chi connectivity index (χ0) is 30.4. The van der Waals surface area contributed by atoms with Crippen molar-refractivity contribution in [3.8, 4) is 0 Å².